The monoisotopic (exact) mass is 136 g/mol. The molecule has 0 aliphatic rings. The zero-order valence-corrected chi connectivity index (χ0v) is 7.40. The molecule has 0 atom stereocenters. The first-order valence-electron chi connectivity index (χ1n) is 1.89. The maximum atomic E-state index is 4.65. The predicted octanol–water partition coefficient (Wildman–Crippen LogP) is -1.74. The van der Waals surface area contributed by atoms with Crippen molar-refractivity contribution in [1.82, 2.24) is 9.97 Å². The van der Waals surface area contributed by atoms with Crippen molar-refractivity contribution in [2.24, 2.45) is 0 Å². The molecular weight excluding hydrogens is 131 g/mol. The van der Waals surface area contributed by atoms with Crippen molar-refractivity contribution in [3.05, 3.63) is 23.2 Å². The van der Waals surface area contributed by atoms with E-state index in [9.17, 15) is 0 Å². The van der Waals surface area contributed by atoms with E-state index in [2.05, 4.69) is 22.2 Å². The van der Waals surface area contributed by atoms with E-state index in [-0.39, 0.29) is 31.0 Å². The molecular formula is C4H5N2NaS. The van der Waals surface area contributed by atoms with Crippen LogP contribution < -0.4 is 29.6 Å². The van der Waals surface area contributed by atoms with Crippen molar-refractivity contribution < 1.29 is 31.0 Å². The van der Waals surface area contributed by atoms with Crippen LogP contribution in [0.5, 0.6) is 0 Å². The van der Waals surface area contributed by atoms with Crippen LogP contribution in [0.1, 0.15) is 1.43 Å². The number of nitrogens with zero attached hydrogens (tertiary/aromatic N) is 1. The third kappa shape index (κ3) is 2.57. The molecule has 1 rings (SSSR count). The number of aromatic amines is 1. The van der Waals surface area contributed by atoms with Crippen LogP contribution in [0.15, 0.2) is 18.5 Å². The van der Waals surface area contributed by atoms with E-state index >= 15 is 0 Å². The predicted molar refractivity (Wildman–Crippen MR) is 30.5 cm³/mol. The topological polar surface area (TPSA) is 28.7 Å². The van der Waals surface area contributed by atoms with Gasteiger partial charge in [-0.2, -0.15) is 0 Å². The van der Waals surface area contributed by atoms with Crippen LogP contribution in [-0.4, -0.2) is 9.97 Å². The summed E-state index contributed by atoms with van der Waals surface area (Å²) in [6.45, 7) is 0. The minimum atomic E-state index is 0. The van der Waals surface area contributed by atoms with Crippen molar-refractivity contribution >= 4 is 12.2 Å². The number of nitrogens with one attached hydrogen (secondary N) is 1. The number of rotatable bonds is 0. The summed E-state index contributed by atoms with van der Waals surface area (Å²) in [7, 11) is 0. The fourth-order valence-electron chi connectivity index (χ4n) is 0.310. The molecule has 0 spiro atoms. The van der Waals surface area contributed by atoms with Gasteiger partial charge in [-0.3, -0.25) is 0 Å². The van der Waals surface area contributed by atoms with Crippen LogP contribution in [0, 0.1) is 4.77 Å². The molecule has 0 aromatic carbocycles. The van der Waals surface area contributed by atoms with Gasteiger partial charge in [-0.15, -0.1) is 0 Å². The molecule has 1 heterocycles. The van der Waals surface area contributed by atoms with Crippen LogP contribution in [0.3, 0.4) is 0 Å². The smallest absolute Gasteiger partial charge is 1.00 e. The van der Waals surface area contributed by atoms with E-state index in [1.807, 2.05) is 0 Å². The molecule has 38 valence electrons. The number of H-pyrrole nitrogens is 1. The molecule has 8 heavy (non-hydrogen) atoms. The maximum Gasteiger partial charge on any atom is 1.00 e. The Kier molecular flexibility index (Phi) is 4.36. The summed E-state index contributed by atoms with van der Waals surface area (Å²) in [5.41, 5.74) is 0. The Labute approximate surface area is 76.1 Å². The summed E-state index contributed by atoms with van der Waals surface area (Å²) in [4.78, 5) is 6.47. The molecule has 0 unspecified atom stereocenters. The van der Waals surface area contributed by atoms with Gasteiger partial charge < -0.3 is 6.41 Å². The Morgan fingerprint density at radius 3 is 2.75 bits per heavy atom. The quantitative estimate of drug-likeness (QED) is 0.338. The van der Waals surface area contributed by atoms with E-state index in [4.69, 9.17) is 0 Å². The van der Waals surface area contributed by atoms with Crippen molar-refractivity contribution in [1.29, 1.82) is 0 Å². The van der Waals surface area contributed by atoms with Gasteiger partial charge in [0.1, 0.15) is 0 Å². The molecule has 0 amide bonds. The maximum absolute atomic E-state index is 4.65. The summed E-state index contributed by atoms with van der Waals surface area (Å²) >= 11 is 4.65. The van der Waals surface area contributed by atoms with Gasteiger partial charge in [-0.05, 0) is 18.3 Å². The molecule has 0 saturated heterocycles. The second kappa shape index (κ2) is 4.21. The minimum Gasteiger partial charge on any atom is -1.00 e. The van der Waals surface area contributed by atoms with Crippen molar-refractivity contribution in [2.45, 2.75) is 0 Å². The van der Waals surface area contributed by atoms with Gasteiger partial charge in [0.05, 0.1) is 0 Å². The molecule has 1 aromatic rings. The molecule has 0 aliphatic carbocycles. The fraction of sp³-hybridized carbons (Fsp3) is 0. The summed E-state index contributed by atoms with van der Waals surface area (Å²) in [6, 6.07) is 1.79. The molecule has 4 heteroatoms. The summed E-state index contributed by atoms with van der Waals surface area (Å²) in [6.07, 6.45) is 3.40. The van der Waals surface area contributed by atoms with E-state index in [0.29, 0.717) is 4.77 Å². The van der Waals surface area contributed by atoms with Crippen LogP contribution in [0.2, 0.25) is 0 Å². The molecule has 1 aromatic heterocycles. The average molecular weight is 136 g/mol. The second-order valence-electron chi connectivity index (χ2n) is 1.09. The van der Waals surface area contributed by atoms with Crippen LogP contribution in [0.25, 0.3) is 0 Å². The molecule has 2 nitrogen and oxygen atoms in total. The third-order valence-electron chi connectivity index (χ3n) is 0.581. The standard InChI is InChI=1S/C4H4N2S.Na.H/c7-4-5-2-1-3-6-4;;/h1-3H,(H,5,6,7);;/q;+1;-1. The summed E-state index contributed by atoms with van der Waals surface area (Å²) < 4.78 is 0.530. The number of hydrogen-bond acceptors (Lipinski definition) is 2. The molecule has 0 aliphatic heterocycles. The first-order chi connectivity index (χ1) is 3.39. The Morgan fingerprint density at radius 2 is 2.50 bits per heavy atom. The van der Waals surface area contributed by atoms with Crippen LogP contribution >= 0.6 is 12.2 Å². The first-order valence-corrected chi connectivity index (χ1v) is 2.30. The van der Waals surface area contributed by atoms with Gasteiger partial charge in [0.2, 0.25) is 0 Å². The van der Waals surface area contributed by atoms with Gasteiger partial charge >= 0.3 is 29.6 Å². The van der Waals surface area contributed by atoms with E-state index in [1.54, 1.807) is 18.5 Å². The van der Waals surface area contributed by atoms with Crippen molar-refractivity contribution in [3.8, 4) is 0 Å². The van der Waals surface area contributed by atoms with E-state index in [0.717, 1.165) is 0 Å². The van der Waals surface area contributed by atoms with Gasteiger partial charge in [0.15, 0.2) is 4.77 Å². The first kappa shape index (κ1) is 8.30. The second-order valence-corrected chi connectivity index (χ2v) is 1.47. The SMILES string of the molecule is S=c1nccc[nH]1.[H-].[Na+]. The normalized spacial score (nSPS) is 7.50. The zero-order valence-electron chi connectivity index (χ0n) is 5.59. The summed E-state index contributed by atoms with van der Waals surface area (Å²) in [5, 5.41) is 0. The van der Waals surface area contributed by atoms with Gasteiger partial charge in [-0.25, -0.2) is 4.98 Å². The van der Waals surface area contributed by atoms with E-state index in [1.165, 1.54) is 0 Å². The van der Waals surface area contributed by atoms with Crippen molar-refractivity contribution in [3.63, 3.8) is 0 Å². The number of aromatic nitrogens is 2. The fourth-order valence-corrected chi connectivity index (χ4v) is 0.439. The molecule has 0 saturated carbocycles. The van der Waals surface area contributed by atoms with Gasteiger partial charge in [0, 0.05) is 12.4 Å². The Balaban J connectivity index is 0. The number of hydrogen-bond donors (Lipinski definition) is 1. The minimum absolute atomic E-state index is 0. The van der Waals surface area contributed by atoms with E-state index < -0.39 is 0 Å². The van der Waals surface area contributed by atoms with Gasteiger partial charge in [-0.1, -0.05) is 0 Å². The molecule has 0 radical (unpaired) electrons. The summed E-state index contributed by atoms with van der Waals surface area (Å²) in [5.74, 6) is 0. The zero-order chi connectivity index (χ0) is 5.11. The third-order valence-corrected chi connectivity index (χ3v) is 0.804. The average Bonchev–Trinajstić information content (AvgIpc) is 1.69. The van der Waals surface area contributed by atoms with Crippen LogP contribution in [0.4, 0.5) is 0 Å². The Morgan fingerprint density at radius 1 is 1.75 bits per heavy atom. The van der Waals surface area contributed by atoms with Crippen LogP contribution in [-0.2, 0) is 0 Å². The van der Waals surface area contributed by atoms with Gasteiger partial charge in [0.25, 0.3) is 0 Å². The van der Waals surface area contributed by atoms with Crippen molar-refractivity contribution in [2.75, 3.05) is 0 Å². The Hall–Kier alpha value is 0.300. The molecule has 0 fully saturated rings. The molecule has 0 bridgehead atoms. The Bertz CT molecular complexity index is 184. The molecule has 1 N–H and O–H groups in total. The largest absolute Gasteiger partial charge is 1.00 e.